The highest BCUT2D eigenvalue weighted by Gasteiger charge is 2.09. The first-order valence-corrected chi connectivity index (χ1v) is 5.69. The Morgan fingerprint density at radius 3 is 2.67 bits per heavy atom. The van der Waals surface area contributed by atoms with Gasteiger partial charge in [0, 0.05) is 12.2 Å². The fourth-order valence-corrected chi connectivity index (χ4v) is 1.69. The fourth-order valence-electron chi connectivity index (χ4n) is 1.69. The van der Waals surface area contributed by atoms with Crippen molar-refractivity contribution in [1.82, 2.24) is 9.97 Å². The van der Waals surface area contributed by atoms with Crippen molar-refractivity contribution in [3.63, 3.8) is 0 Å². The van der Waals surface area contributed by atoms with Crippen molar-refractivity contribution in [3.8, 4) is 0 Å². The summed E-state index contributed by atoms with van der Waals surface area (Å²) in [6, 6.07) is 6.32. The molecule has 0 spiro atoms. The molecule has 2 rings (SSSR count). The van der Waals surface area contributed by atoms with Crippen LogP contribution in [0.25, 0.3) is 0 Å². The summed E-state index contributed by atoms with van der Waals surface area (Å²) >= 11 is 0. The quantitative estimate of drug-likeness (QED) is 0.900. The van der Waals surface area contributed by atoms with Gasteiger partial charge >= 0.3 is 0 Å². The van der Waals surface area contributed by atoms with Crippen LogP contribution < -0.4 is 4.90 Å². The molecule has 0 amide bonds. The number of nitrogens with zero attached hydrogens (tertiary/aromatic N) is 3. The Kier molecular flexibility index (Phi) is 3.84. The van der Waals surface area contributed by atoms with Crippen molar-refractivity contribution in [2.45, 2.75) is 13.5 Å². The summed E-state index contributed by atoms with van der Waals surface area (Å²) in [4.78, 5) is 10.1. The molecule has 1 heterocycles. The van der Waals surface area contributed by atoms with Crippen molar-refractivity contribution in [3.05, 3.63) is 48.2 Å². The number of hydrogen-bond donors (Lipinski definition) is 1. The van der Waals surface area contributed by atoms with Crippen molar-refractivity contribution in [1.29, 1.82) is 0 Å². The number of halogens is 1. The van der Waals surface area contributed by atoms with Gasteiger partial charge in [-0.1, -0.05) is 6.07 Å². The molecule has 5 heteroatoms. The Balaban J connectivity index is 2.32. The second-order valence-corrected chi connectivity index (χ2v) is 3.75. The summed E-state index contributed by atoms with van der Waals surface area (Å²) in [6.45, 7) is 2.46. The smallest absolute Gasteiger partial charge is 0.151 e. The molecule has 0 saturated carbocycles. The molecule has 0 radical (unpaired) electrons. The molecule has 0 fully saturated rings. The molecule has 0 unspecified atom stereocenters. The third kappa shape index (κ3) is 2.62. The molecular formula is C13H14FN3O. The van der Waals surface area contributed by atoms with Gasteiger partial charge in [0.15, 0.2) is 5.82 Å². The van der Waals surface area contributed by atoms with Gasteiger partial charge in [-0.05, 0) is 25.1 Å². The fraction of sp³-hybridized carbons (Fsp3) is 0.231. The zero-order valence-electron chi connectivity index (χ0n) is 10.0. The van der Waals surface area contributed by atoms with Crippen molar-refractivity contribution < 1.29 is 9.50 Å². The van der Waals surface area contributed by atoms with Gasteiger partial charge in [0.1, 0.15) is 5.82 Å². The number of aromatic nitrogens is 2. The zero-order chi connectivity index (χ0) is 13.0. The highest BCUT2D eigenvalue weighted by atomic mass is 19.1. The predicted molar refractivity (Wildman–Crippen MR) is 67.0 cm³/mol. The van der Waals surface area contributed by atoms with Crippen molar-refractivity contribution in [2.24, 2.45) is 0 Å². The Morgan fingerprint density at radius 2 is 2.11 bits per heavy atom. The lowest BCUT2D eigenvalue weighted by Gasteiger charge is -2.21. The monoisotopic (exact) mass is 247 g/mol. The number of aliphatic hydroxyl groups is 1. The number of rotatable bonds is 4. The van der Waals surface area contributed by atoms with E-state index >= 15 is 0 Å². The molecule has 2 aromatic rings. The van der Waals surface area contributed by atoms with E-state index in [-0.39, 0.29) is 12.4 Å². The van der Waals surface area contributed by atoms with E-state index in [2.05, 4.69) is 9.97 Å². The van der Waals surface area contributed by atoms with Gasteiger partial charge in [0.25, 0.3) is 0 Å². The van der Waals surface area contributed by atoms with Crippen LogP contribution in [0.4, 0.5) is 15.9 Å². The van der Waals surface area contributed by atoms with Crippen LogP contribution >= 0.6 is 0 Å². The molecular weight excluding hydrogens is 233 g/mol. The number of aliphatic hydroxyl groups excluding tert-OH is 1. The molecule has 0 atom stereocenters. The predicted octanol–water partition coefficient (Wildman–Crippen LogP) is 2.27. The van der Waals surface area contributed by atoms with Crippen LogP contribution in [-0.4, -0.2) is 21.6 Å². The van der Waals surface area contributed by atoms with Gasteiger partial charge in [0.05, 0.1) is 24.7 Å². The van der Waals surface area contributed by atoms with Gasteiger partial charge in [-0.15, -0.1) is 0 Å². The summed E-state index contributed by atoms with van der Waals surface area (Å²) in [6.07, 6.45) is 3.08. The maximum Gasteiger partial charge on any atom is 0.151 e. The minimum atomic E-state index is -0.286. The van der Waals surface area contributed by atoms with E-state index in [1.165, 1.54) is 18.3 Å². The minimum absolute atomic E-state index is 0.140. The third-order valence-corrected chi connectivity index (χ3v) is 2.57. The Morgan fingerprint density at radius 1 is 1.28 bits per heavy atom. The summed E-state index contributed by atoms with van der Waals surface area (Å²) in [5.41, 5.74) is 1.23. The standard InChI is InChI=1S/C13H14FN3O/c1-2-17(12-5-3-4-10(14)6-12)13-8-15-11(9-18)7-16-13/h3-8,18H,2,9H2,1H3. The second-order valence-electron chi connectivity index (χ2n) is 3.75. The molecule has 94 valence electrons. The molecule has 0 aliphatic heterocycles. The van der Waals surface area contributed by atoms with Gasteiger partial charge < -0.3 is 10.0 Å². The van der Waals surface area contributed by atoms with Gasteiger partial charge in [0.2, 0.25) is 0 Å². The van der Waals surface area contributed by atoms with Crippen molar-refractivity contribution in [2.75, 3.05) is 11.4 Å². The highest BCUT2D eigenvalue weighted by molar-refractivity contribution is 5.58. The first kappa shape index (κ1) is 12.4. The van der Waals surface area contributed by atoms with E-state index in [1.807, 2.05) is 17.9 Å². The van der Waals surface area contributed by atoms with E-state index in [9.17, 15) is 4.39 Å². The molecule has 4 nitrogen and oxygen atoms in total. The first-order chi connectivity index (χ1) is 8.74. The molecule has 1 N–H and O–H groups in total. The Bertz CT molecular complexity index is 516. The summed E-state index contributed by atoms with van der Waals surface area (Å²) < 4.78 is 13.2. The summed E-state index contributed by atoms with van der Waals surface area (Å²) in [7, 11) is 0. The lowest BCUT2D eigenvalue weighted by Crippen LogP contribution is -2.17. The Hall–Kier alpha value is -2.01. The average molecular weight is 247 g/mol. The van der Waals surface area contributed by atoms with E-state index < -0.39 is 0 Å². The van der Waals surface area contributed by atoms with Crippen LogP contribution in [0.3, 0.4) is 0 Å². The molecule has 0 saturated heterocycles. The largest absolute Gasteiger partial charge is 0.390 e. The van der Waals surface area contributed by atoms with Gasteiger partial charge in [-0.2, -0.15) is 0 Å². The van der Waals surface area contributed by atoms with Crippen LogP contribution in [0.15, 0.2) is 36.7 Å². The van der Waals surface area contributed by atoms with Crippen LogP contribution in [0, 0.1) is 5.82 Å². The van der Waals surface area contributed by atoms with Gasteiger partial charge in [-0.3, -0.25) is 4.98 Å². The second kappa shape index (κ2) is 5.55. The van der Waals surface area contributed by atoms with Crippen LogP contribution in [0.2, 0.25) is 0 Å². The SMILES string of the molecule is CCN(c1cccc(F)c1)c1cnc(CO)cn1. The average Bonchev–Trinajstić information content (AvgIpc) is 2.40. The molecule has 1 aromatic carbocycles. The number of benzene rings is 1. The first-order valence-electron chi connectivity index (χ1n) is 5.69. The maximum absolute atomic E-state index is 13.2. The Labute approximate surface area is 105 Å². The van der Waals surface area contributed by atoms with Crippen LogP contribution in [0.5, 0.6) is 0 Å². The summed E-state index contributed by atoms with van der Waals surface area (Å²) in [5, 5.41) is 8.91. The van der Waals surface area contributed by atoms with Crippen LogP contribution in [0.1, 0.15) is 12.6 Å². The van der Waals surface area contributed by atoms with Crippen molar-refractivity contribution >= 4 is 11.5 Å². The van der Waals surface area contributed by atoms with E-state index in [0.717, 1.165) is 5.69 Å². The third-order valence-electron chi connectivity index (χ3n) is 2.57. The topological polar surface area (TPSA) is 49.2 Å². The van der Waals surface area contributed by atoms with E-state index in [0.29, 0.717) is 18.1 Å². The van der Waals surface area contributed by atoms with Gasteiger partial charge in [-0.25, -0.2) is 9.37 Å². The highest BCUT2D eigenvalue weighted by Crippen LogP contribution is 2.23. The van der Waals surface area contributed by atoms with Crippen LogP contribution in [-0.2, 0) is 6.61 Å². The maximum atomic E-state index is 13.2. The molecule has 0 aliphatic carbocycles. The zero-order valence-corrected chi connectivity index (χ0v) is 10.0. The lowest BCUT2D eigenvalue weighted by molar-refractivity contribution is 0.276. The number of anilines is 2. The molecule has 1 aromatic heterocycles. The minimum Gasteiger partial charge on any atom is -0.390 e. The summed E-state index contributed by atoms with van der Waals surface area (Å²) in [5.74, 6) is 0.339. The number of hydrogen-bond acceptors (Lipinski definition) is 4. The lowest BCUT2D eigenvalue weighted by atomic mass is 10.3. The molecule has 0 bridgehead atoms. The molecule has 18 heavy (non-hydrogen) atoms. The van der Waals surface area contributed by atoms with E-state index in [4.69, 9.17) is 5.11 Å². The molecule has 0 aliphatic rings. The van der Waals surface area contributed by atoms with E-state index in [1.54, 1.807) is 12.3 Å². The normalized spacial score (nSPS) is 10.4.